The molecule has 0 nitrogen and oxygen atoms in total. The maximum atomic E-state index is 3.59. The Balaban J connectivity index is 1.46. The predicted octanol–water partition coefficient (Wildman–Crippen LogP) is 11.9. The second kappa shape index (κ2) is 11.0. The Kier molecular flexibility index (Phi) is 8.36. The maximum absolute atomic E-state index is 3.59. The van der Waals surface area contributed by atoms with Crippen molar-refractivity contribution in [3.05, 3.63) is 23.3 Å². The lowest BCUT2D eigenvalue weighted by Crippen LogP contribution is -2.58. The van der Waals surface area contributed by atoms with Crippen LogP contribution in [0.5, 0.6) is 0 Å². The first-order chi connectivity index (χ1) is 21.0. The molecule has 8 aliphatic carbocycles. The van der Waals surface area contributed by atoms with Crippen LogP contribution in [-0.4, -0.2) is 26.5 Å². The molecule has 0 saturated heterocycles. The number of benzene rings is 1. The minimum Gasteiger partial charge on any atom is -0.125 e. The van der Waals surface area contributed by atoms with Crippen molar-refractivity contribution in [2.45, 2.75) is 180 Å². The van der Waals surface area contributed by atoms with E-state index < -0.39 is 16.1 Å². The Labute approximate surface area is 291 Å². The fourth-order valence-electron chi connectivity index (χ4n) is 14.1. The lowest BCUT2D eigenvalue weighted by atomic mass is 9.55. The molecule has 8 fully saturated rings. The van der Waals surface area contributed by atoms with Crippen LogP contribution in [-0.2, 0) is 11.3 Å². The molecule has 9 rings (SSSR count). The van der Waals surface area contributed by atoms with E-state index in [0.717, 1.165) is 35.5 Å². The lowest BCUT2D eigenvalue weighted by Gasteiger charge is -2.68. The maximum Gasteiger partial charge on any atom is 0.0774 e. The molecule has 0 radical (unpaired) electrons. The topological polar surface area (TPSA) is 0 Å². The van der Waals surface area contributed by atoms with Crippen LogP contribution in [0, 0.1) is 46.3 Å². The zero-order valence-corrected chi connectivity index (χ0v) is 36.4. The molecule has 1 aromatic rings. The lowest BCUT2D eigenvalue weighted by molar-refractivity contribution is 0.0184. The Morgan fingerprint density at radius 1 is 0.587 bits per heavy atom. The monoisotopic (exact) mass is 694 g/mol. The molecule has 8 saturated carbocycles. The van der Waals surface area contributed by atoms with Gasteiger partial charge in [-0.2, -0.15) is 0 Å². The van der Waals surface area contributed by atoms with Gasteiger partial charge in [-0.1, -0.05) is 111 Å². The van der Waals surface area contributed by atoms with Crippen LogP contribution in [0.2, 0.25) is 39.3 Å². The first kappa shape index (κ1) is 34.9. The molecule has 4 heteroatoms. The van der Waals surface area contributed by atoms with E-state index in [4.69, 9.17) is 0 Å². The van der Waals surface area contributed by atoms with Gasteiger partial charge < -0.3 is 0 Å². The summed E-state index contributed by atoms with van der Waals surface area (Å²) in [5.74, 6) is 6.34. The first-order valence-corrected chi connectivity index (χ1v) is 28.9. The predicted molar refractivity (Wildman–Crippen MR) is 215 cm³/mol. The molecule has 8 bridgehead atoms. The zero-order chi connectivity index (χ0) is 33.5. The highest BCUT2D eigenvalue weighted by Crippen LogP contribution is 2.80. The third-order valence-electron chi connectivity index (χ3n) is 15.1. The molecule has 1 atom stereocenters. The van der Waals surface area contributed by atoms with Crippen LogP contribution in [0.3, 0.4) is 0 Å². The van der Waals surface area contributed by atoms with Gasteiger partial charge in [0.2, 0.25) is 0 Å². The highest BCUT2D eigenvalue weighted by molar-refractivity contribution is 7.60. The smallest absolute Gasteiger partial charge is 0.0774 e. The van der Waals surface area contributed by atoms with Gasteiger partial charge in [-0.25, -0.2) is 0 Å². The number of rotatable bonds is 7. The third-order valence-corrected chi connectivity index (χ3v) is 25.5. The van der Waals surface area contributed by atoms with Crippen molar-refractivity contribution in [1.82, 2.24) is 0 Å². The summed E-state index contributed by atoms with van der Waals surface area (Å²) in [6.45, 7) is 31.2. The number of hydrogen-bond donors (Lipinski definition) is 0. The average molecular weight is 695 g/mol. The molecule has 0 amide bonds. The molecular formula is C42H72P2Si2. The van der Waals surface area contributed by atoms with Gasteiger partial charge in [-0.15, -0.1) is 9.24 Å². The van der Waals surface area contributed by atoms with Gasteiger partial charge in [0, 0.05) is 5.16 Å². The van der Waals surface area contributed by atoms with Gasteiger partial charge in [0.05, 0.1) is 16.1 Å². The first-order valence-electron chi connectivity index (χ1n) is 19.8. The third kappa shape index (κ3) is 5.62. The van der Waals surface area contributed by atoms with Gasteiger partial charge in [0.25, 0.3) is 0 Å². The van der Waals surface area contributed by atoms with Crippen molar-refractivity contribution in [2.24, 2.45) is 46.3 Å². The van der Waals surface area contributed by atoms with E-state index in [-0.39, 0.29) is 23.9 Å². The molecule has 0 N–H and O–H groups in total. The van der Waals surface area contributed by atoms with Crippen molar-refractivity contribution in [1.29, 1.82) is 0 Å². The minimum atomic E-state index is -1.56. The zero-order valence-electron chi connectivity index (χ0n) is 32.3. The number of hydrogen-bond acceptors (Lipinski definition) is 0. The Morgan fingerprint density at radius 3 is 1.17 bits per heavy atom. The van der Waals surface area contributed by atoms with Gasteiger partial charge in [0.15, 0.2) is 0 Å². The summed E-state index contributed by atoms with van der Waals surface area (Å²) in [7, 11) is 0.394. The second-order valence-corrected chi connectivity index (χ2v) is 36.7. The fourth-order valence-corrected chi connectivity index (χ4v) is 24.7. The summed E-state index contributed by atoms with van der Waals surface area (Å²) in [6.07, 6.45) is 20.6. The quantitative estimate of drug-likeness (QED) is 0.197. The fraction of sp³-hybridized carbons (Fsp3) is 0.857. The van der Waals surface area contributed by atoms with Crippen molar-refractivity contribution >= 4 is 43.7 Å². The van der Waals surface area contributed by atoms with E-state index in [1.807, 2.05) is 10.8 Å². The molecule has 1 aromatic carbocycles. The summed E-state index contributed by atoms with van der Waals surface area (Å²) in [4.78, 5) is 0. The molecule has 0 heterocycles. The van der Waals surface area contributed by atoms with E-state index in [9.17, 15) is 0 Å². The summed E-state index contributed by atoms with van der Waals surface area (Å²) >= 11 is 0. The van der Waals surface area contributed by atoms with Crippen molar-refractivity contribution in [3.63, 3.8) is 0 Å². The summed E-state index contributed by atoms with van der Waals surface area (Å²) in [5.41, 5.74) is 3.87. The van der Waals surface area contributed by atoms with Gasteiger partial charge in [0.1, 0.15) is 0 Å². The average Bonchev–Trinajstić information content (AvgIpc) is 2.86. The summed E-state index contributed by atoms with van der Waals surface area (Å²) in [6, 6.07) is 5.84. The molecule has 1 unspecified atom stereocenters. The minimum absolute atomic E-state index is 0.0195. The van der Waals surface area contributed by atoms with Gasteiger partial charge >= 0.3 is 0 Å². The largest absolute Gasteiger partial charge is 0.125 e. The molecule has 0 aromatic heterocycles. The van der Waals surface area contributed by atoms with Crippen molar-refractivity contribution in [3.8, 4) is 0 Å². The summed E-state index contributed by atoms with van der Waals surface area (Å²) in [5, 5.41) is 4.99. The van der Waals surface area contributed by atoms with Crippen LogP contribution in [0.1, 0.15) is 130 Å². The van der Waals surface area contributed by atoms with E-state index in [0.29, 0.717) is 10.3 Å². The van der Waals surface area contributed by atoms with Crippen molar-refractivity contribution < 1.29 is 0 Å². The van der Waals surface area contributed by atoms with E-state index in [1.165, 1.54) is 6.16 Å². The second-order valence-electron chi connectivity index (χ2n) is 22.7. The molecule has 0 spiro atoms. The molecule has 258 valence electrons. The highest BCUT2D eigenvalue weighted by Gasteiger charge is 2.63. The Bertz CT molecular complexity index is 1220. The normalized spacial score (nSPS) is 38.1. The Hall–Kier alpha value is 0.514. The van der Waals surface area contributed by atoms with Crippen LogP contribution in [0.4, 0.5) is 0 Å². The summed E-state index contributed by atoms with van der Waals surface area (Å²) < 4.78 is 0. The van der Waals surface area contributed by atoms with E-state index in [1.54, 1.807) is 87.8 Å². The SMILES string of the molecule is CC(C)(C)C(P)(c1cc([Si](C)(C)C)c([Si](C)(C)C)cc1CP(C12CC3CC(CC(C3)C1)C2)C12CC3CC(CC(C3)C1)C2)C(C)(C)C. The highest BCUT2D eigenvalue weighted by atomic mass is 31.1. The molecular weight excluding hydrogens is 623 g/mol. The molecule has 46 heavy (non-hydrogen) atoms. The standard InChI is InChI=1S/C42H72P2Si2/c1-38(2,3)42(43,39(4,5)6)35-20-37(46(10,11)12)36(45(7,8)9)19-34(35)27-44(40-21-28-13-29(22-40)15-30(14-28)23-40)41-24-31-16-32(25-41)18-33(17-31)26-41/h19-20,28-33H,13-18,21-27,43H2,1-12H3. The van der Waals surface area contributed by atoms with Gasteiger partial charge in [-0.05, 0) is 151 Å². The van der Waals surface area contributed by atoms with E-state index in [2.05, 4.69) is 102 Å². The van der Waals surface area contributed by atoms with Gasteiger partial charge in [-0.3, -0.25) is 0 Å². The van der Waals surface area contributed by atoms with E-state index >= 15 is 0 Å². The van der Waals surface area contributed by atoms with Crippen LogP contribution in [0.25, 0.3) is 0 Å². The van der Waals surface area contributed by atoms with Crippen LogP contribution < -0.4 is 10.4 Å². The molecule has 0 aliphatic heterocycles. The Morgan fingerprint density at radius 2 is 0.891 bits per heavy atom. The van der Waals surface area contributed by atoms with Crippen LogP contribution in [0.15, 0.2) is 12.1 Å². The van der Waals surface area contributed by atoms with Crippen LogP contribution >= 0.6 is 17.2 Å². The molecule has 8 aliphatic rings. The van der Waals surface area contributed by atoms with Crippen molar-refractivity contribution in [2.75, 3.05) is 0 Å².